The Balaban J connectivity index is 0. The second kappa shape index (κ2) is 24.3. The first-order chi connectivity index (χ1) is 12.2. The van der Waals surface area contributed by atoms with Crippen molar-refractivity contribution < 1.29 is 9.47 Å². The Morgan fingerprint density at radius 3 is 1.72 bits per heavy atom. The molecule has 0 aromatic carbocycles. The predicted molar refractivity (Wildman–Crippen MR) is 118 cm³/mol. The van der Waals surface area contributed by atoms with E-state index in [4.69, 9.17) is 32.7 Å². The van der Waals surface area contributed by atoms with Crippen molar-refractivity contribution in [3.05, 3.63) is 0 Å². The number of rotatable bonds is 17. The zero-order valence-corrected chi connectivity index (χ0v) is 16.9. The Bertz CT molecular complexity index is 219. The summed E-state index contributed by atoms with van der Waals surface area (Å²) >= 11 is 0. The van der Waals surface area contributed by atoms with Crippen LogP contribution in [0.2, 0.25) is 19.0 Å². The van der Waals surface area contributed by atoms with Gasteiger partial charge < -0.3 is 9.47 Å². The highest BCUT2D eigenvalue weighted by atomic mass is 16.5. The lowest BCUT2D eigenvalue weighted by molar-refractivity contribution is 0.0868. The summed E-state index contributed by atoms with van der Waals surface area (Å²) in [7, 11) is 24.6. The fraction of sp³-hybridized carbons (Fsp3) is 1.00. The first-order valence-electron chi connectivity index (χ1n) is 9.81. The molecule has 0 aliphatic carbocycles. The highest BCUT2D eigenvalue weighted by molar-refractivity contribution is 6.89. The summed E-state index contributed by atoms with van der Waals surface area (Å²) in [6, 6.07) is 0. The second-order valence-corrected chi connectivity index (χ2v) is 6.47. The summed E-state index contributed by atoms with van der Waals surface area (Å²) in [5, 5.41) is 0. The summed E-state index contributed by atoms with van der Waals surface area (Å²) < 4.78 is 10.5. The molecule has 0 spiro atoms. The molecule has 133 valence electrons. The Morgan fingerprint density at radius 2 is 1.32 bits per heavy atom. The molecule has 0 aromatic heterocycles. The van der Waals surface area contributed by atoms with Crippen molar-refractivity contribution in [2.75, 3.05) is 20.8 Å². The molecule has 0 saturated heterocycles. The van der Waals surface area contributed by atoms with E-state index >= 15 is 0 Å². The van der Waals surface area contributed by atoms with Gasteiger partial charge >= 0.3 is 0 Å². The summed E-state index contributed by atoms with van der Waals surface area (Å²) in [6.45, 7) is 3.10. The van der Waals surface area contributed by atoms with Crippen molar-refractivity contribution in [2.45, 2.75) is 83.4 Å². The van der Waals surface area contributed by atoms with Crippen LogP contribution in [0.15, 0.2) is 0 Å². The molecule has 0 saturated carbocycles. The van der Waals surface area contributed by atoms with E-state index in [9.17, 15) is 0 Å². The van der Waals surface area contributed by atoms with E-state index in [0.717, 1.165) is 51.3 Å². The Morgan fingerprint density at radius 1 is 0.760 bits per heavy atom. The van der Waals surface area contributed by atoms with Crippen LogP contribution in [0.25, 0.3) is 0 Å². The lowest BCUT2D eigenvalue weighted by Gasteiger charge is -2.14. The first-order valence-corrected chi connectivity index (χ1v) is 9.81. The van der Waals surface area contributed by atoms with Crippen molar-refractivity contribution in [2.24, 2.45) is 5.92 Å². The molecule has 0 bridgehead atoms. The maximum absolute atomic E-state index is 5.34. The maximum atomic E-state index is 5.34. The van der Waals surface area contributed by atoms with Gasteiger partial charge in [0.25, 0.3) is 0 Å². The van der Waals surface area contributed by atoms with Crippen molar-refractivity contribution in [1.29, 1.82) is 0 Å². The average molecular weight is 336 g/mol. The van der Waals surface area contributed by atoms with Gasteiger partial charge in [0, 0.05) is 44.0 Å². The number of methoxy groups -OCH3 is 2. The van der Waals surface area contributed by atoms with E-state index in [1.54, 1.807) is 35.7 Å². The third kappa shape index (κ3) is 22.3. The quantitative estimate of drug-likeness (QED) is 0.300. The van der Waals surface area contributed by atoms with Gasteiger partial charge in [0.1, 0.15) is 0 Å². The first kappa shape index (κ1) is 27.5. The van der Waals surface area contributed by atoms with Crippen LogP contribution >= 0.6 is 0 Å². The molecule has 1 unspecified atom stereocenters. The molecule has 0 aliphatic heterocycles. The molecule has 1 atom stereocenters. The average Bonchev–Trinajstić information content (AvgIpc) is 2.63. The standard InChI is InChI=1S/C9H19B2O.C8H16B4O/c1-3-4-5-9(8-12-2)6-7-11-10;1-13-8(4-2-6-11-9)5-3-7-12-10/h9H,3-8H2,1-2H3;8H,2-7H2,1H3. The highest BCUT2D eigenvalue weighted by Gasteiger charge is 2.06. The van der Waals surface area contributed by atoms with E-state index in [2.05, 4.69) is 6.92 Å². The summed E-state index contributed by atoms with van der Waals surface area (Å²) in [5.74, 6) is 0.703. The van der Waals surface area contributed by atoms with Crippen molar-refractivity contribution in [1.82, 2.24) is 0 Å². The van der Waals surface area contributed by atoms with E-state index < -0.39 is 0 Å². The van der Waals surface area contributed by atoms with Gasteiger partial charge in [0.05, 0.1) is 27.6 Å². The lowest BCUT2D eigenvalue weighted by Crippen LogP contribution is -2.11. The van der Waals surface area contributed by atoms with Gasteiger partial charge in [0.2, 0.25) is 0 Å². The molecular formula is C17H35B6O2. The normalized spacial score (nSPS) is 11.5. The van der Waals surface area contributed by atoms with E-state index in [1.165, 1.54) is 25.7 Å². The van der Waals surface area contributed by atoms with Crippen LogP contribution in [0.3, 0.4) is 0 Å². The largest absolute Gasteiger partial charge is 0.384 e. The van der Waals surface area contributed by atoms with Crippen molar-refractivity contribution in [3.63, 3.8) is 0 Å². The Kier molecular flexibility index (Phi) is 26.8. The number of hydrogen-bond donors (Lipinski definition) is 0. The zero-order valence-electron chi connectivity index (χ0n) is 16.9. The van der Waals surface area contributed by atoms with Gasteiger partial charge in [-0.2, -0.15) is 0 Å². The number of ether oxygens (including phenoxy) is 2. The fourth-order valence-corrected chi connectivity index (χ4v) is 2.68. The predicted octanol–water partition coefficient (Wildman–Crippen LogP) is 3.01. The molecule has 0 N–H and O–H groups in total. The third-order valence-electron chi connectivity index (χ3n) is 4.24. The lowest BCUT2D eigenvalue weighted by atomic mass is 9.52. The van der Waals surface area contributed by atoms with Gasteiger partial charge in [0.15, 0.2) is 0 Å². The van der Waals surface area contributed by atoms with E-state index in [-0.39, 0.29) is 0 Å². The molecular weight excluding hydrogens is 301 g/mol. The van der Waals surface area contributed by atoms with Crippen LogP contribution in [-0.4, -0.2) is 71.7 Å². The Hall–Kier alpha value is 0.310. The summed E-state index contributed by atoms with van der Waals surface area (Å²) in [4.78, 5) is 0. The van der Waals surface area contributed by atoms with Crippen LogP contribution in [0.4, 0.5) is 0 Å². The minimum atomic E-state index is 0.375. The van der Waals surface area contributed by atoms with Gasteiger partial charge in [-0.1, -0.05) is 58.0 Å². The van der Waals surface area contributed by atoms with Crippen LogP contribution in [-0.2, 0) is 9.47 Å². The van der Waals surface area contributed by atoms with Gasteiger partial charge in [-0.3, -0.25) is 0 Å². The molecule has 0 rings (SSSR count). The molecule has 0 fully saturated rings. The minimum Gasteiger partial charge on any atom is -0.384 e. The van der Waals surface area contributed by atoms with Gasteiger partial charge in [-0.05, 0) is 25.2 Å². The molecule has 25 heavy (non-hydrogen) atoms. The van der Waals surface area contributed by atoms with Gasteiger partial charge in [-0.25, -0.2) is 0 Å². The minimum absolute atomic E-state index is 0.375. The Labute approximate surface area is 164 Å². The molecule has 8 heteroatoms. The molecule has 0 aliphatic rings. The SMILES string of the molecule is [B][B]CCC(CCCC)COC.[B][B]CCCC(CCC[B][B])OC. The highest BCUT2D eigenvalue weighted by Crippen LogP contribution is 2.15. The van der Waals surface area contributed by atoms with Crippen LogP contribution < -0.4 is 0 Å². The van der Waals surface area contributed by atoms with Crippen molar-refractivity contribution >= 4 is 44.7 Å². The maximum Gasteiger partial charge on any atom is 0.0570 e. The molecule has 0 heterocycles. The third-order valence-corrected chi connectivity index (χ3v) is 4.24. The fourth-order valence-electron chi connectivity index (χ4n) is 2.68. The number of unbranched alkanes of at least 4 members (excludes halogenated alkanes) is 1. The van der Waals surface area contributed by atoms with E-state index in [0.29, 0.717) is 12.0 Å². The van der Waals surface area contributed by atoms with Crippen LogP contribution in [0.5, 0.6) is 0 Å². The van der Waals surface area contributed by atoms with Crippen LogP contribution in [0.1, 0.15) is 58.3 Å². The molecule has 0 aromatic rings. The summed E-state index contributed by atoms with van der Waals surface area (Å²) in [6.07, 6.45) is 12.8. The van der Waals surface area contributed by atoms with E-state index in [1.807, 2.05) is 0 Å². The second-order valence-electron chi connectivity index (χ2n) is 6.47. The topological polar surface area (TPSA) is 18.5 Å². The zero-order chi connectivity index (χ0) is 19.2. The monoisotopic (exact) mass is 337 g/mol. The molecule has 0 amide bonds. The molecule has 2 nitrogen and oxygen atoms in total. The van der Waals surface area contributed by atoms with Crippen molar-refractivity contribution in [3.8, 4) is 0 Å². The van der Waals surface area contributed by atoms with Gasteiger partial charge in [-0.15, -0.1) is 0 Å². The number of hydrogen-bond acceptors (Lipinski definition) is 2. The smallest absolute Gasteiger partial charge is 0.0570 e. The van der Waals surface area contributed by atoms with Crippen LogP contribution in [0, 0.1) is 5.92 Å². The summed E-state index contributed by atoms with van der Waals surface area (Å²) in [5.41, 5.74) is 0. The molecule has 9 radical (unpaired) electrons.